The number of para-hydroxylation sites is 1. The van der Waals surface area contributed by atoms with Gasteiger partial charge in [0.15, 0.2) is 6.10 Å². The van der Waals surface area contributed by atoms with Gasteiger partial charge in [0.05, 0.1) is 16.1 Å². The van der Waals surface area contributed by atoms with Gasteiger partial charge in [0, 0.05) is 23.2 Å². The summed E-state index contributed by atoms with van der Waals surface area (Å²) in [6.07, 6.45) is 2.59. The molecule has 1 aromatic carbocycles. The maximum absolute atomic E-state index is 12.8. The van der Waals surface area contributed by atoms with Gasteiger partial charge in [0.25, 0.3) is 5.91 Å². The van der Waals surface area contributed by atoms with Crippen molar-refractivity contribution in [3.8, 4) is 0 Å². The van der Waals surface area contributed by atoms with E-state index in [9.17, 15) is 9.59 Å². The van der Waals surface area contributed by atoms with Gasteiger partial charge in [-0.25, -0.2) is 9.78 Å². The number of nitrogens with zero attached hydrogens (tertiary/aromatic N) is 2. The smallest absolute Gasteiger partial charge is 0.339 e. The van der Waals surface area contributed by atoms with Crippen LogP contribution in [0.4, 0.5) is 5.82 Å². The van der Waals surface area contributed by atoms with Gasteiger partial charge in [-0.1, -0.05) is 29.8 Å². The van der Waals surface area contributed by atoms with E-state index in [0.717, 1.165) is 24.1 Å². The minimum Gasteiger partial charge on any atom is -0.449 e. The Morgan fingerprint density at radius 1 is 1.21 bits per heavy atom. The van der Waals surface area contributed by atoms with Gasteiger partial charge < -0.3 is 10.1 Å². The third-order valence-electron chi connectivity index (χ3n) is 4.58. The summed E-state index contributed by atoms with van der Waals surface area (Å²) in [5, 5.41) is 3.78. The number of benzene rings is 1. The highest BCUT2D eigenvalue weighted by Crippen LogP contribution is 2.40. The van der Waals surface area contributed by atoms with Gasteiger partial charge in [-0.05, 0) is 44.0 Å². The Bertz CT molecular complexity index is 1050. The van der Waals surface area contributed by atoms with Crippen molar-refractivity contribution in [3.63, 3.8) is 0 Å². The number of amides is 1. The van der Waals surface area contributed by atoms with Crippen molar-refractivity contribution in [3.05, 3.63) is 64.9 Å². The normalized spacial score (nSPS) is 14.5. The largest absolute Gasteiger partial charge is 0.449 e. The molecule has 2 aromatic heterocycles. The first-order valence-corrected chi connectivity index (χ1v) is 9.42. The van der Waals surface area contributed by atoms with Crippen molar-refractivity contribution in [1.29, 1.82) is 0 Å². The zero-order valence-electron chi connectivity index (χ0n) is 15.2. The topological polar surface area (TPSA) is 81.2 Å². The number of hydrogen-bond acceptors (Lipinski definition) is 5. The summed E-state index contributed by atoms with van der Waals surface area (Å²) >= 11 is 5.78. The van der Waals surface area contributed by atoms with E-state index < -0.39 is 18.0 Å². The van der Waals surface area contributed by atoms with Gasteiger partial charge in [-0.3, -0.25) is 9.78 Å². The van der Waals surface area contributed by atoms with Crippen LogP contribution in [-0.4, -0.2) is 27.9 Å². The molecule has 1 unspecified atom stereocenters. The number of fused-ring (bicyclic) bond motifs is 1. The molecule has 0 bridgehead atoms. The number of aromatic nitrogens is 2. The zero-order valence-corrected chi connectivity index (χ0v) is 15.9. The van der Waals surface area contributed by atoms with Gasteiger partial charge in [-0.15, -0.1) is 0 Å². The standard InChI is InChI=1S/C21H18ClN3O3/c1-12(20(26)25-19-9-8-14(22)11-23-19)28-21(27)16-10-18(13-6-7-13)24-17-5-3-2-4-15(16)17/h2-5,8-13H,6-7H2,1H3,(H,23,25,26). The van der Waals surface area contributed by atoms with Crippen LogP contribution in [-0.2, 0) is 9.53 Å². The Labute approximate surface area is 166 Å². The minimum atomic E-state index is -0.985. The van der Waals surface area contributed by atoms with Crippen LogP contribution in [0.2, 0.25) is 5.02 Å². The molecule has 1 amide bonds. The Balaban J connectivity index is 1.52. The van der Waals surface area contributed by atoms with Gasteiger partial charge in [-0.2, -0.15) is 0 Å². The summed E-state index contributed by atoms with van der Waals surface area (Å²) in [6.45, 7) is 1.52. The van der Waals surface area contributed by atoms with Crippen molar-refractivity contribution in [2.45, 2.75) is 31.8 Å². The number of esters is 1. The van der Waals surface area contributed by atoms with E-state index in [1.54, 1.807) is 18.2 Å². The minimum absolute atomic E-state index is 0.336. The highest BCUT2D eigenvalue weighted by atomic mass is 35.5. The number of carbonyl (C=O) groups is 2. The van der Waals surface area contributed by atoms with Gasteiger partial charge in [0.2, 0.25) is 0 Å². The molecule has 7 heteroatoms. The molecule has 1 atom stereocenters. The van der Waals surface area contributed by atoms with E-state index in [1.807, 2.05) is 24.3 Å². The first kappa shape index (κ1) is 18.4. The van der Waals surface area contributed by atoms with Crippen molar-refractivity contribution in [2.75, 3.05) is 5.32 Å². The SMILES string of the molecule is CC(OC(=O)c1cc(C2CC2)nc2ccccc12)C(=O)Nc1ccc(Cl)cn1. The molecule has 0 spiro atoms. The van der Waals surface area contributed by atoms with Crippen LogP contribution in [0.5, 0.6) is 0 Å². The van der Waals surface area contributed by atoms with Crippen LogP contribution in [0.1, 0.15) is 41.7 Å². The maximum Gasteiger partial charge on any atom is 0.339 e. The fourth-order valence-electron chi connectivity index (χ4n) is 2.91. The Kier molecular flexibility index (Phi) is 4.96. The van der Waals surface area contributed by atoms with Crippen LogP contribution in [0.15, 0.2) is 48.7 Å². The lowest BCUT2D eigenvalue weighted by atomic mass is 10.1. The predicted octanol–water partition coefficient (Wildman–Crippen LogP) is 4.34. The highest BCUT2D eigenvalue weighted by Gasteiger charge is 2.28. The molecule has 4 rings (SSSR count). The summed E-state index contributed by atoms with van der Waals surface area (Å²) in [5.41, 5.74) is 2.08. The Morgan fingerprint density at radius 3 is 2.71 bits per heavy atom. The van der Waals surface area contributed by atoms with Crippen LogP contribution < -0.4 is 5.32 Å². The summed E-state index contributed by atoms with van der Waals surface area (Å²) in [5.74, 6) is -0.285. The van der Waals surface area contributed by atoms with E-state index in [4.69, 9.17) is 16.3 Å². The fraction of sp³-hybridized carbons (Fsp3) is 0.238. The molecule has 0 radical (unpaired) electrons. The molecular weight excluding hydrogens is 378 g/mol. The quantitative estimate of drug-likeness (QED) is 0.650. The lowest BCUT2D eigenvalue weighted by Gasteiger charge is -2.14. The number of hydrogen-bond donors (Lipinski definition) is 1. The summed E-state index contributed by atoms with van der Waals surface area (Å²) in [4.78, 5) is 33.8. The van der Waals surface area contributed by atoms with Crippen molar-refractivity contribution >= 4 is 40.2 Å². The van der Waals surface area contributed by atoms with Crippen molar-refractivity contribution < 1.29 is 14.3 Å². The average molecular weight is 396 g/mol. The number of carbonyl (C=O) groups excluding carboxylic acids is 2. The molecule has 142 valence electrons. The second kappa shape index (κ2) is 7.56. The van der Waals surface area contributed by atoms with Crippen molar-refractivity contribution in [1.82, 2.24) is 9.97 Å². The third-order valence-corrected chi connectivity index (χ3v) is 4.81. The molecule has 0 saturated heterocycles. The van der Waals surface area contributed by atoms with Crippen LogP contribution in [0.25, 0.3) is 10.9 Å². The second-order valence-electron chi connectivity index (χ2n) is 6.78. The molecule has 1 saturated carbocycles. The lowest BCUT2D eigenvalue weighted by Crippen LogP contribution is -2.30. The van der Waals surface area contributed by atoms with Gasteiger partial charge >= 0.3 is 5.97 Å². The van der Waals surface area contributed by atoms with E-state index in [2.05, 4.69) is 15.3 Å². The zero-order chi connectivity index (χ0) is 19.7. The molecule has 6 nitrogen and oxygen atoms in total. The van der Waals surface area contributed by atoms with E-state index in [1.165, 1.54) is 13.1 Å². The lowest BCUT2D eigenvalue weighted by molar-refractivity contribution is -0.123. The van der Waals surface area contributed by atoms with Crippen LogP contribution in [0, 0.1) is 0 Å². The highest BCUT2D eigenvalue weighted by molar-refractivity contribution is 6.30. The van der Waals surface area contributed by atoms with E-state index >= 15 is 0 Å². The molecule has 1 aliphatic rings. The first-order valence-electron chi connectivity index (χ1n) is 9.04. The number of ether oxygens (including phenoxy) is 1. The molecule has 1 N–H and O–H groups in total. The molecule has 2 heterocycles. The third kappa shape index (κ3) is 3.97. The average Bonchev–Trinajstić information content (AvgIpc) is 3.54. The second-order valence-corrected chi connectivity index (χ2v) is 7.22. The number of nitrogens with one attached hydrogen (secondary N) is 1. The number of rotatable bonds is 5. The summed E-state index contributed by atoms with van der Waals surface area (Å²) in [7, 11) is 0. The molecule has 3 aromatic rings. The Morgan fingerprint density at radius 2 is 2.00 bits per heavy atom. The fourth-order valence-corrected chi connectivity index (χ4v) is 3.02. The molecule has 28 heavy (non-hydrogen) atoms. The first-order chi connectivity index (χ1) is 13.5. The molecule has 0 aliphatic heterocycles. The van der Waals surface area contributed by atoms with Crippen LogP contribution >= 0.6 is 11.6 Å². The van der Waals surface area contributed by atoms with Crippen LogP contribution in [0.3, 0.4) is 0 Å². The number of anilines is 1. The van der Waals surface area contributed by atoms with E-state index in [-0.39, 0.29) is 0 Å². The summed E-state index contributed by atoms with van der Waals surface area (Å²) in [6, 6.07) is 12.4. The molecule has 1 aliphatic carbocycles. The molecular formula is C21H18ClN3O3. The monoisotopic (exact) mass is 395 g/mol. The van der Waals surface area contributed by atoms with Gasteiger partial charge in [0.1, 0.15) is 5.82 Å². The predicted molar refractivity (Wildman–Crippen MR) is 106 cm³/mol. The molecule has 1 fully saturated rings. The van der Waals surface area contributed by atoms with E-state index in [0.29, 0.717) is 27.7 Å². The van der Waals surface area contributed by atoms with Crippen molar-refractivity contribution in [2.24, 2.45) is 0 Å². The number of pyridine rings is 2. The number of halogens is 1. The summed E-state index contributed by atoms with van der Waals surface area (Å²) < 4.78 is 5.42. The Hall–Kier alpha value is -2.99. The maximum atomic E-state index is 12.8.